The smallest absolute Gasteiger partial charge is 0.248 e. The van der Waals surface area contributed by atoms with Gasteiger partial charge in [0.25, 0.3) is 0 Å². The molecule has 0 aromatic carbocycles. The fraction of sp³-hybridized carbons (Fsp3) is 0.700. The summed E-state index contributed by atoms with van der Waals surface area (Å²) in [4.78, 5) is 11.0. The Hall–Kier alpha value is -0.870. The molecule has 82 valence electrons. The van der Waals surface area contributed by atoms with Crippen molar-refractivity contribution in [3.8, 4) is 0 Å². The molecule has 0 aliphatic rings. The molecule has 0 saturated heterocycles. The highest BCUT2D eigenvalue weighted by molar-refractivity contribution is 5.73. The minimum Gasteiger partial charge on any atom is -0.542 e. The van der Waals surface area contributed by atoms with E-state index in [0.717, 1.165) is 0 Å². The lowest BCUT2D eigenvalue weighted by atomic mass is 9.90. The summed E-state index contributed by atoms with van der Waals surface area (Å²) in [6.07, 6.45) is 1.96. The molecule has 0 aliphatic heterocycles. The molecule has 14 heavy (non-hydrogen) atoms. The first-order valence-corrected chi connectivity index (χ1v) is 4.59. The Labute approximate surface area is 85.1 Å². The van der Waals surface area contributed by atoms with Crippen molar-refractivity contribution in [3.63, 3.8) is 0 Å². The van der Waals surface area contributed by atoms with Crippen molar-refractivity contribution >= 4 is 5.97 Å². The number of rotatable bonds is 5. The van der Waals surface area contributed by atoms with E-state index >= 15 is 0 Å². The highest BCUT2D eigenvalue weighted by atomic mass is 16.4. The molecule has 0 amide bonds. The Balaban J connectivity index is 5.29. The van der Waals surface area contributed by atoms with E-state index in [0.29, 0.717) is 6.42 Å². The van der Waals surface area contributed by atoms with Crippen molar-refractivity contribution in [2.24, 2.45) is 5.92 Å². The van der Waals surface area contributed by atoms with E-state index in [1.165, 1.54) is 6.08 Å². The minimum absolute atomic E-state index is 0.111. The molecule has 4 heteroatoms. The number of carboxylic acids is 1. The molecule has 0 aromatic heterocycles. The van der Waals surface area contributed by atoms with Gasteiger partial charge in [-0.25, -0.2) is 0 Å². The van der Waals surface area contributed by atoms with Crippen molar-refractivity contribution < 1.29 is 19.5 Å². The third kappa shape index (κ3) is 1.96. The third-order valence-electron chi connectivity index (χ3n) is 2.56. The minimum atomic E-state index is -1.92. The van der Waals surface area contributed by atoms with Gasteiger partial charge in [0.2, 0.25) is 5.72 Å². The molecular weight excluding hydrogens is 182 g/mol. The zero-order chi connectivity index (χ0) is 11.6. The van der Waals surface area contributed by atoms with Gasteiger partial charge < -0.3 is 15.0 Å². The van der Waals surface area contributed by atoms with Crippen molar-refractivity contribution in [3.05, 3.63) is 12.7 Å². The summed E-state index contributed by atoms with van der Waals surface area (Å²) in [6, 6.07) is 0. The average molecular weight is 201 g/mol. The van der Waals surface area contributed by atoms with Crippen LogP contribution in [0.15, 0.2) is 12.7 Å². The number of aliphatic carboxylic acids is 1. The van der Waals surface area contributed by atoms with Crippen LogP contribution in [0.5, 0.6) is 0 Å². The highest BCUT2D eigenvalue weighted by Gasteiger charge is 2.48. The maximum absolute atomic E-state index is 11.0. The van der Waals surface area contributed by atoms with Gasteiger partial charge in [0, 0.05) is 0 Å². The van der Waals surface area contributed by atoms with Crippen LogP contribution >= 0.6 is 0 Å². The number of nitrogens with zero attached hydrogens (tertiary/aromatic N) is 1. The van der Waals surface area contributed by atoms with Crippen LogP contribution in [0, 0.1) is 5.92 Å². The second-order valence-corrected chi connectivity index (χ2v) is 4.28. The molecule has 0 fully saturated rings. The first-order valence-electron chi connectivity index (χ1n) is 4.59. The van der Waals surface area contributed by atoms with E-state index in [1.54, 1.807) is 28.1 Å². The van der Waals surface area contributed by atoms with Crippen molar-refractivity contribution in [2.45, 2.75) is 19.1 Å². The van der Waals surface area contributed by atoms with Crippen LogP contribution in [0.4, 0.5) is 0 Å². The van der Waals surface area contributed by atoms with E-state index < -0.39 is 17.6 Å². The molecule has 2 unspecified atom stereocenters. The first-order chi connectivity index (χ1) is 6.21. The molecule has 0 aromatic rings. The summed E-state index contributed by atoms with van der Waals surface area (Å²) >= 11 is 0. The Morgan fingerprint density at radius 2 is 2.07 bits per heavy atom. The molecule has 0 rings (SSSR count). The Kier molecular flexibility index (Phi) is 3.85. The van der Waals surface area contributed by atoms with Crippen molar-refractivity contribution in [1.29, 1.82) is 0 Å². The Morgan fingerprint density at radius 3 is 2.14 bits per heavy atom. The van der Waals surface area contributed by atoms with Crippen molar-refractivity contribution in [2.75, 3.05) is 21.1 Å². The number of carbonyl (C=O) groups excluding carboxylic acids is 1. The standard InChI is InChI=1S/C10H19NO3/c1-6-8(7-2)10(14,9(12)13)11(3,4)5/h6,8,14H,1,7H2,2-5H3. The maximum Gasteiger partial charge on any atom is 0.248 e. The van der Waals surface area contributed by atoms with E-state index in [1.807, 2.05) is 0 Å². The zero-order valence-corrected chi connectivity index (χ0v) is 9.28. The van der Waals surface area contributed by atoms with Gasteiger partial charge in [0.05, 0.1) is 27.1 Å². The van der Waals surface area contributed by atoms with Gasteiger partial charge in [-0.15, -0.1) is 6.58 Å². The quantitative estimate of drug-likeness (QED) is 0.365. The molecule has 1 N–H and O–H groups in total. The summed E-state index contributed by atoms with van der Waals surface area (Å²) in [5, 5.41) is 21.1. The predicted molar refractivity (Wildman–Crippen MR) is 52.0 cm³/mol. The number of quaternary nitrogens is 1. The monoisotopic (exact) mass is 201 g/mol. The topological polar surface area (TPSA) is 60.4 Å². The molecule has 0 radical (unpaired) electrons. The van der Waals surface area contributed by atoms with Gasteiger partial charge >= 0.3 is 0 Å². The number of carbonyl (C=O) groups is 1. The van der Waals surface area contributed by atoms with Gasteiger partial charge in [0.1, 0.15) is 5.97 Å². The van der Waals surface area contributed by atoms with Crippen LogP contribution in [0.2, 0.25) is 0 Å². The molecule has 4 nitrogen and oxygen atoms in total. The third-order valence-corrected chi connectivity index (χ3v) is 2.56. The largest absolute Gasteiger partial charge is 0.542 e. The molecule has 0 spiro atoms. The zero-order valence-electron chi connectivity index (χ0n) is 9.28. The van der Waals surface area contributed by atoms with Gasteiger partial charge in [-0.05, 0) is 6.42 Å². The normalized spacial score (nSPS) is 18.4. The van der Waals surface area contributed by atoms with Gasteiger partial charge in [-0.2, -0.15) is 0 Å². The predicted octanol–water partition coefficient (Wildman–Crippen LogP) is -0.657. The van der Waals surface area contributed by atoms with Crippen LogP contribution in [-0.4, -0.2) is 42.4 Å². The highest BCUT2D eigenvalue weighted by Crippen LogP contribution is 2.28. The lowest BCUT2D eigenvalue weighted by Crippen LogP contribution is -2.69. The van der Waals surface area contributed by atoms with Crippen LogP contribution in [0.25, 0.3) is 0 Å². The summed E-state index contributed by atoms with van der Waals surface area (Å²) in [7, 11) is 4.84. The number of carboxylic acid groups (broad SMARTS) is 1. The maximum atomic E-state index is 11.0. The van der Waals surface area contributed by atoms with E-state index in [9.17, 15) is 15.0 Å². The van der Waals surface area contributed by atoms with E-state index in [4.69, 9.17) is 0 Å². The lowest BCUT2D eigenvalue weighted by Gasteiger charge is -2.45. The molecule has 0 aliphatic carbocycles. The van der Waals surface area contributed by atoms with E-state index in [-0.39, 0.29) is 4.48 Å². The van der Waals surface area contributed by atoms with Crippen LogP contribution in [-0.2, 0) is 4.79 Å². The first kappa shape index (κ1) is 13.1. The van der Waals surface area contributed by atoms with Crippen LogP contribution in [0.1, 0.15) is 13.3 Å². The molecule has 0 saturated carbocycles. The second kappa shape index (κ2) is 4.11. The molecule has 2 atom stereocenters. The number of hydrogen-bond acceptors (Lipinski definition) is 3. The lowest BCUT2D eigenvalue weighted by molar-refractivity contribution is -0.945. The summed E-state index contributed by atoms with van der Waals surface area (Å²) in [5.74, 6) is -1.98. The average Bonchev–Trinajstić information content (AvgIpc) is 2.03. The van der Waals surface area contributed by atoms with Crippen LogP contribution in [0.3, 0.4) is 0 Å². The summed E-state index contributed by atoms with van der Waals surface area (Å²) in [5.41, 5.74) is -1.92. The fourth-order valence-corrected chi connectivity index (χ4v) is 1.54. The number of hydrogen-bond donors (Lipinski definition) is 1. The second-order valence-electron chi connectivity index (χ2n) is 4.28. The SMILES string of the molecule is C=CC(CC)C(O)(C(=O)[O-])[N+](C)(C)C. The van der Waals surface area contributed by atoms with Gasteiger partial charge in [-0.3, -0.25) is 4.48 Å². The number of aliphatic hydroxyl groups is 1. The van der Waals surface area contributed by atoms with Crippen LogP contribution < -0.4 is 5.11 Å². The van der Waals surface area contributed by atoms with Gasteiger partial charge in [-0.1, -0.05) is 13.0 Å². The number of likely N-dealkylation sites (N-methyl/N-ethyl adjacent to an activating group) is 1. The Bertz CT molecular complexity index is 232. The summed E-state index contributed by atoms with van der Waals surface area (Å²) < 4.78 is -0.111. The van der Waals surface area contributed by atoms with Crippen molar-refractivity contribution in [1.82, 2.24) is 0 Å². The fourth-order valence-electron chi connectivity index (χ4n) is 1.54. The Morgan fingerprint density at radius 1 is 1.64 bits per heavy atom. The molecule has 0 bridgehead atoms. The molecule has 0 heterocycles. The summed E-state index contributed by atoms with van der Waals surface area (Å²) in [6.45, 7) is 5.33. The van der Waals surface area contributed by atoms with E-state index in [2.05, 4.69) is 6.58 Å². The van der Waals surface area contributed by atoms with Gasteiger partial charge in [0.15, 0.2) is 0 Å². The molecular formula is C10H19NO3.